The normalized spacial score (nSPS) is 10.2. The van der Waals surface area contributed by atoms with Gasteiger partial charge in [0.15, 0.2) is 0 Å². The van der Waals surface area contributed by atoms with E-state index in [4.69, 9.17) is 0 Å². The topological polar surface area (TPSA) is 24.1 Å². The first-order valence-corrected chi connectivity index (χ1v) is 5.97. The monoisotopic (exact) mass is 206 g/mol. The summed E-state index contributed by atoms with van der Waals surface area (Å²) in [5, 5.41) is 0. The van der Waals surface area contributed by atoms with Gasteiger partial charge in [-0.15, -0.1) is 0 Å². The summed E-state index contributed by atoms with van der Waals surface area (Å²) in [7, 11) is 0. The van der Waals surface area contributed by atoms with Crippen LogP contribution < -0.4 is 10.9 Å². The fourth-order valence-corrected chi connectivity index (χ4v) is 1.50. The number of unbranched alkanes of at least 4 members (excludes halogenated alkanes) is 4. The van der Waals surface area contributed by atoms with Gasteiger partial charge in [0.05, 0.1) is 0 Å². The summed E-state index contributed by atoms with van der Waals surface area (Å²) in [6, 6.07) is 10.2. The van der Waals surface area contributed by atoms with Crippen molar-refractivity contribution in [1.82, 2.24) is 5.43 Å². The Morgan fingerprint density at radius 2 is 1.67 bits per heavy atom. The Morgan fingerprint density at radius 3 is 2.40 bits per heavy atom. The lowest BCUT2D eigenvalue weighted by atomic mass is 10.2. The number of rotatable bonds is 8. The second kappa shape index (κ2) is 8.30. The Hall–Kier alpha value is -1.02. The van der Waals surface area contributed by atoms with Crippen molar-refractivity contribution in [3.8, 4) is 0 Å². The summed E-state index contributed by atoms with van der Waals surface area (Å²) in [5.41, 5.74) is 7.54. The van der Waals surface area contributed by atoms with Crippen molar-refractivity contribution in [2.24, 2.45) is 0 Å². The predicted octanol–water partition coefficient (Wildman–Crippen LogP) is 3.57. The van der Waals surface area contributed by atoms with Crippen molar-refractivity contribution in [2.45, 2.75) is 39.0 Å². The maximum atomic E-state index is 3.23. The van der Waals surface area contributed by atoms with Crippen LogP contribution in [0.25, 0.3) is 0 Å². The molecule has 0 saturated heterocycles. The third-order valence-electron chi connectivity index (χ3n) is 2.41. The lowest BCUT2D eigenvalue weighted by molar-refractivity contribution is 0.608. The molecule has 0 spiro atoms. The van der Waals surface area contributed by atoms with E-state index < -0.39 is 0 Å². The van der Waals surface area contributed by atoms with Gasteiger partial charge >= 0.3 is 0 Å². The summed E-state index contributed by atoms with van der Waals surface area (Å²) in [4.78, 5) is 0. The van der Waals surface area contributed by atoms with Gasteiger partial charge in [0.2, 0.25) is 0 Å². The highest BCUT2D eigenvalue weighted by molar-refractivity contribution is 5.41. The van der Waals surface area contributed by atoms with Crippen LogP contribution in [-0.4, -0.2) is 6.54 Å². The molecule has 2 heteroatoms. The highest BCUT2D eigenvalue weighted by atomic mass is 15.3. The maximum absolute atomic E-state index is 3.23. The first-order valence-electron chi connectivity index (χ1n) is 5.97. The molecule has 2 N–H and O–H groups in total. The molecule has 1 aromatic rings. The first kappa shape index (κ1) is 12.1. The summed E-state index contributed by atoms with van der Waals surface area (Å²) in [5.74, 6) is 0. The molecule has 0 aliphatic heterocycles. The molecule has 0 heterocycles. The van der Waals surface area contributed by atoms with Gasteiger partial charge < -0.3 is 5.43 Å². The molecular formula is C13H22N2. The molecule has 1 aromatic carbocycles. The zero-order valence-corrected chi connectivity index (χ0v) is 9.63. The van der Waals surface area contributed by atoms with Crippen molar-refractivity contribution in [3.05, 3.63) is 30.3 Å². The lowest BCUT2D eigenvalue weighted by Gasteiger charge is -2.07. The van der Waals surface area contributed by atoms with Crippen LogP contribution in [0, 0.1) is 0 Å². The minimum Gasteiger partial charge on any atom is -0.322 e. The second-order valence-electron chi connectivity index (χ2n) is 3.83. The molecule has 1 rings (SSSR count). The number of anilines is 1. The van der Waals surface area contributed by atoms with E-state index in [1.807, 2.05) is 18.2 Å². The minimum atomic E-state index is 1.04. The number of hydrogen-bond donors (Lipinski definition) is 2. The lowest BCUT2D eigenvalue weighted by Crippen LogP contribution is -2.22. The van der Waals surface area contributed by atoms with Crippen LogP contribution in [-0.2, 0) is 0 Å². The molecule has 0 atom stereocenters. The molecule has 0 fully saturated rings. The van der Waals surface area contributed by atoms with Crippen LogP contribution in [0.15, 0.2) is 30.3 Å². The first-order chi connectivity index (χ1) is 7.43. The molecule has 0 aromatic heterocycles. The quantitative estimate of drug-likeness (QED) is 0.502. The van der Waals surface area contributed by atoms with Gasteiger partial charge in [0.1, 0.15) is 0 Å². The molecule has 0 unspecified atom stereocenters. The van der Waals surface area contributed by atoms with Crippen molar-refractivity contribution < 1.29 is 0 Å². The molecule has 2 nitrogen and oxygen atoms in total. The number of hydrogen-bond acceptors (Lipinski definition) is 2. The van der Waals surface area contributed by atoms with E-state index in [0.29, 0.717) is 0 Å². The third-order valence-corrected chi connectivity index (χ3v) is 2.41. The van der Waals surface area contributed by atoms with Gasteiger partial charge in [-0.05, 0) is 18.6 Å². The molecule has 84 valence electrons. The highest BCUT2D eigenvalue weighted by Crippen LogP contribution is 2.03. The van der Waals surface area contributed by atoms with Gasteiger partial charge in [-0.2, -0.15) is 0 Å². The summed E-state index contributed by atoms with van der Waals surface area (Å²) >= 11 is 0. The molecule has 0 radical (unpaired) electrons. The average molecular weight is 206 g/mol. The van der Waals surface area contributed by atoms with E-state index in [0.717, 1.165) is 12.2 Å². The molecular weight excluding hydrogens is 184 g/mol. The third kappa shape index (κ3) is 6.13. The van der Waals surface area contributed by atoms with Crippen LogP contribution in [0.4, 0.5) is 5.69 Å². The number of para-hydroxylation sites is 1. The Balaban J connectivity index is 1.93. The molecule has 0 amide bonds. The zero-order valence-electron chi connectivity index (χ0n) is 9.63. The summed E-state index contributed by atoms with van der Waals surface area (Å²) in [6.45, 7) is 3.29. The van der Waals surface area contributed by atoms with Crippen molar-refractivity contribution in [3.63, 3.8) is 0 Å². The minimum absolute atomic E-state index is 1.04. The fourth-order valence-electron chi connectivity index (χ4n) is 1.50. The van der Waals surface area contributed by atoms with Gasteiger partial charge in [0, 0.05) is 12.2 Å². The van der Waals surface area contributed by atoms with Crippen molar-refractivity contribution in [2.75, 3.05) is 12.0 Å². The largest absolute Gasteiger partial charge is 0.322 e. The average Bonchev–Trinajstić information content (AvgIpc) is 2.29. The Morgan fingerprint density at radius 1 is 0.933 bits per heavy atom. The smallest absolute Gasteiger partial charge is 0.0487 e. The van der Waals surface area contributed by atoms with Gasteiger partial charge in [-0.25, -0.2) is 5.43 Å². The Labute approximate surface area is 93.1 Å². The summed E-state index contributed by atoms with van der Waals surface area (Å²) in [6.07, 6.45) is 6.63. The van der Waals surface area contributed by atoms with Gasteiger partial charge in [-0.1, -0.05) is 50.8 Å². The standard InChI is InChI=1S/C13H22N2/c1-2-3-4-5-9-12-14-15-13-10-7-6-8-11-13/h6-8,10-11,14-15H,2-5,9,12H2,1H3. The van der Waals surface area contributed by atoms with Crippen LogP contribution in [0.5, 0.6) is 0 Å². The van der Waals surface area contributed by atoms with E-state index >= 15 is 0 Å². The van der Waals surface area contributed by atoms with E-state index in [1.165, 1.54) is 32.1 Å². The van der Waals surface area contributed by atoms with Crippen molar-refractivity contribution >= 4 is 5.69 Å². The van der Waals surface area contributed by atoms with E-state index in [2.05, 4.69) is 29.9 Å². The Bertz CT molecular complexity index is 234. The number of nitrogens with one attached hydrogen (secondary N) is 2. The summed E-state index contributed by atoms with van der Waals surface area (Å²) < 4.78 is 0. The Kier molecular flexibility index (Phi) is 6.67. The number of hydrazine groups is 1. The SMILES string of the molecule is CCCCCCCNNc1ccccc1. The fraction of sp³-hybridized carbons (Fsp3) is 0.538. The van der Waals surface area contributed by atoms with E-state index in [-0.39, 0.29) is 0 Å². The molecule has 0 bridgehead atoms. The van der Waals surface area contributed by atoms with E-state index in [1.54, 1.807) is 0 Å². The predicted molar refractivity (Wildman–Crippen MR) is 66.8 cm³/mol. The molecule has 0 saturated carbocycles. The molecule has 0 aliphatic rings. The van der Waals surface area contributed by atoms with Crippen LogP contribution in [0.2, 0.25) is 0 Å². The molecule has 0 aliphatic carbocycles. The van der Waals surface area contributed by atoms with Gasteiger partial charge in [-0.3, -0.25) is 0 Å². The van der Waals surface area contributed by atoms with E-state index in [9.17, 15) is 0 Å². The highest BCUT2D eigenvalue weighted by Gasteiger charge is 1.89. The van der Waals surface area contributed by atoms with Gasteiger partial charge in [0.25, 0.3) is 0 Å². The van der Waals surface area contributed by atoms with Crippen LogP contribution in [0.3, 0.4) is 0 Å². The van der Waals surface area contributed by atoms with Crippen molar-refractivity contribution in [1.29, 1.82) is 0 Å². The second-order valence-corrected chi connectivity index (χ2v) is 3.83. The van der Waals surface area contributed by atoms with Crippen LogP contribution in [0.1, 0.15) is 39.0 Å². The maximum Gasteiger partial charge on any atom is 0.0487 e. The zero-order chi connectivity index (χ0) is 10.8. The number of benzene rings is 1. The van der Waals surface area contributed by atoms with Crippen LogP contribution >= 0.6 is 0 Å². The molecule has 15 heavy (non-hydrogen) atoms.